The van der Waals surface area contributed by atoms with Gasteiger partial charge in [-0.3, -0.25) is 4.79 Å². The monoisotopic (exact) mass is 170 g/mol. The van der Waals surface area contributed by atoms with E-state index in [9.17, 15) is 4.79 Å². The summed E-state index contributed by atoms with van der Waals surface area (Å²) in [5.74, 6) is 4.89. The molecule has 0 radical (unpaired) electrons. The van der Waals surface area contributed by atoms with Crippen LogP contribution < -0.4 is 0 Å². The molecule has 0 fully saturated rings. The smallest absolute Gasteiger partial charge is 0.193 e. The summed E-state index contributed by atoms with van der Waals surface area (Å²) < 4.78 is 0.634. The molecule has 3 heteroatoms. The van der Waals surface area contributed by atoms with Crippen molar-refractivity contribution in [2.45, 2.75) is 0 Å². The Hall–Kier alpha value is -0.780. The van der Waals surface area contributed by atoms with Crippen molar-refractivity contribution < 1.29 is 4.79 Å². The third-order valence-electron chi connectivity index (χ3n) is 0.884. The van der Waals surface area contributed by atoms with Crippen LogP contribution >= 0.6 is 22.9 Å². The second kappa shape index (κ2) is 3.40. The average molecular weight is 171 g/mol. The molecule has 0 spiro atoms. The highest BCUT2D eigenvalue weighted by molar-refractivity contribution is 7.14. The first-order valence-electron chi connectivity index (χ1n) is 2.53. The van der Waals surface area contributed by atoms with E-state index in [1.165, 1.54) is 11.3 Å². The first-order valence-corrected chi connectivity index (χ1v) is 3.78. The zero-order chi connectivity index (χ0) is 7.40. The lowest BCUT2D eigenvalue weighted by Crippen LogP contribution is -1.66. The fourth-order valence-corrected chi connectivity index (χ4v) is 1.32. The van der Waals surface area contributed by atoms with Gasteiger partial charge in [0.05, 0.1) is 5.56 Å². The van der Waals surface area contributed by atoms with E-state index in [2.05, 4.69) is 11.8 Å². The molecule has 10 heavy (non-hydrogen) atoms. The molecule has 1 aromatic rings. The minimum absolute atomic E-state index is 0.550. The molecule has 0 saturated heterocycles. The summed E-state index contributed by atoms with van der Waals surface area (Å²) in [5.41, 5.74) is 0.721. The van der Waals surface area contributed by atoms with E-state index in [0.717, 1.165) is 5.56 Å². The maximum atomic E-state index is 9.80. The second-order valence-electron chi connectivity index (χ2n) is 1.50. The van der Waals surface area contributed by atoms with Crippen LogP contribution in [0, 0.1) is 11.8 Å². The van der Waals surface area contributed by atoms with Crippen molar-refractivity contribution in [2.75, 3.05) is 0 Å². The molecule has 0 aliphatic rings. The largest absolute Gasteiger partial charge is 0.289 e. The van der Waals surface area contributed by atoms with Gasteiger partial charge in [-0.2, -0.15) is 0 Å². The fraction of sp³-hybridized carbons (Fsp3) is 0. The van der Waals surface area contributed by atoms with E-state index in [0.29, 0.717) is 10.6 Å². The molecular formula is C7H3ClOS. The first-order chi connectivity index (χ1) is 4.84. The Morgan fingerprint density at radius 3 is 3.00 bits per heavy atom. The third-order valence-corrected chi connectivity index (χ3v) is 2.05. The molecule has 0 bridgehead atoms. The van der Waals surface area contributed by atoms with Gasteiger partial charge in [0.15, 0.2) is 6.29 Å². The molecule has 0 saturated carbocycles. The first kappa shape index (κ1) is 7.33. The zero-order valence-corrected chi connectivity index (χ0v) is 6.50. The Bertz CT molecular complexity index is 292. The van der Waals surface area contributed by atoms with E-state index in [4.69, 9.17) is 11.6 Å². The molecule has 0 amide bonds. The number of aldehydes is 1. The van der Waals surface area contributed by atoms with Crippen molar-refractivity contribution in [1.82, 2.24) is 0 Å². The van der Waals surface area contributed by atoms with Gasteiger partial charge in [-0.15, -0.1) is 11.3 Å². The van der Waals surface area contributed by atoms with Crippen LogP contribution in [0.3, 0.4) is 0 Å². The number of halogens is 1. The van der Waals surface area contributed by atoms with Crippen LogP contribution in [0.25, 0.3) is 0 Å². The molecule has 1 rings (SSSR count). The standard InChI is InChI=1S/C7H3ClOS/c8-7-6(2-1-4-9)3-5-10-7/h3-5H. The lowest BCUT2D eigenvalue weighted by atomic mass is 10.3. The SMILES string of the molecule is O=CC#Cc1ccsc1Cl. The van der Waals surface area contributed by atoms with Crippen molar-refractivity contribution in [2.24, 2.45) is 0 Å². The van der Waals surface area contributed by atoms with Gasteiger partial charge in [0.25, 0.3) is 0 Å². The maximum absolute atomic E-state index is 9.80. The normalized spacial score (nSPS) is 8.10. The predicted octanol–water partition coefficient (Wildman–Crippen LogP) is 1.95. The molecule has 0 aliphatic carbocycles. The highest BCUT2D eigenvalue weighted by Gasteiger charge is 1.94. The van der Waals surface area contributed by atoms with Crippen LogP contribution in [0.2, 0.25) is 4.34 Å². The highest BCUT2D eigenvalue weighted by atomic mass is 35.5. The average Bonchev–Trinajstić information content (AvgIpc) is 2.31. The number of hydrogen-bond acceptors (Lipinski definition) is 2. The van der Waals surface area contributed by atoms with Crippen LogP contribution in [0.1, 0.15) is 5.56 Å². The maximum Gasteiger partial charge on any atom is 0.193 e. The van der Waals surface area contributed by atoms with Gasteiger partial charge in [0.1, 0.15) is 4.34 Å². The highest BCUT2D eigenvalue weighted by Crippen LogP contribution is 2.21. The van der Waals surface area contributed by atoms with Crippen molar-refractivity contribution in [3.8, 4) is 11.8 Å². The Morgan fingerprint density at radius 2 is 2.50 bits per heavy atom. The zero-order valence-electron chi connectivity index (χ0n) is 4.93. The van der Waals surface area contributed by atoms with E-state index in [1.807, 2.05) is 5.38 Å². The van der Waals surface area contributed by atoms with Gasteiger partial charge < -0.3 is 0 Å². The summed E-state index contributed by atoms with van der Waals surface area (Å²) in [6, 6.07) is 1.78. The van der Waals surface area contributed by atoms with Crippen molar-refractivity contribution in [1.29, 1.82) is 0 Å². The summed E-state index contributed by atoms with van der Waals surface area (Å²) in [6.07, 6.45) is 0.550. The quantitative estimate of drug-likeness (QED) is 0.430. The van der Waals surface area contributed by atoms with Gasteiger partial charge in [0, 0.05) is 0 Å². The Kier molecular flexibility index (Phi) is 2.49. The summed E-state index contributed by atoms with van der Waals surface area (Å²) in [4.78, 5) is 9.80. The summed E-state index contributed by atoms with van der Waals surface area (Å²) in [5, 5.41) is 1.83. The molecular weight excluding hydrogens is 168 g/mol. The molecule has 0 N–H and O–H groups in total. The number of rotatable bonds is 0. The minimum atomic E-state index is 0.550. The lowest BCUT2D eigenvalue weighted by molar-refractivity contribution is -0.103. The summed E-state index contributed by atoms with van der Waals surface area (Å²) in [6.45, 7) is 0. The number of hydrogen-bond donors (Lipinski definition) is 0. The lowest BCUT2D eigenvalue weighted by Gasteiger charge is -1.77. The Balaban J connectivity index is 2.94. The van der Waals surface area contributed by atoms with Crippen LogP contribution in [-0.2, 0) is 4.79 Å². The van der Waals surface area contributed by atoms with Crippen molar-refractivity contribution in [3.05, 3.63) is 21.3 Å². The van der Waals surface area contributed by atoms with E-state index in [1.54, 1.807) is 6.07 Å². The van der Waals surface area contributed by atoms with Crippen LogP contribution in [0.4, 0.5) is 0 Å². The van der Waals surface area contributed by atoms with E-state index >= 15 is 0 Å². The predicted molar refractivity (Wildman–Crippen MR) is 42.3 cm³/mol. The fourth-order valence-electron chi connectivity index (χ4n) is 0.489. The minimum Gasteiger partial charge on any atom is -0.289 e. The molecule has 0 unspecified atom stereocenters. The molecule has 0 atom stereocenters. The van der Waals surface area contributed by atoms with E-state index in [-0.39, 0.29) is 0 Å². The number of carbonyl (C=O) groups excluding carboxylic acids is 1. The van der Waals surface area contributed by atoms with Gasteiger partial charge in [-0.1, -0.05) is 17.5 Å². The van der Waals surface area contributed by atoms with Crippen molar-refractivity contribution in [3.63, 3.8) is 0 Å². The van der Waals surface area contributed by atoms with Crippen LogP contribution in [0.15, 0.2) is 11.4 Å². The van der Waals surface area contributed by atoms with Gasteiger partial charge in [0.2, 0.25) is 0 Å². The Labute approximate surface area is 67.6 Å². The number of carbonyl (C=O) groups is 1. The van der Waals surface area contributed by atoms with Gasteiger partial charge in [-0.05, 0) is 17.4 Å². The van der Waals surface area contributed by atoms with Gasteiger partial charge >= 0.3 is 0 Å². The van der Waals surface area contributed by atoms with Crippen LogP contribution in [0.5, 0.6) is 0 Å². The molecule has 1 heterocycles. The topological polar surface area (TPSA) is 17.1 Å². The van der Waals surface area contributed by atoms with Crippen molar-refractivity contribution >= 4 is 29.2 Å². The summed E-state index contributed by atoms with van der Waals surface area (Å²) >= 11 is 7.08. The van der Waals surface area contributed by atoms with Crippen LogP contribution in [-0.4, -0.2) is 6.29 Å². The van der Waals surface area contributed by atoms with Gasteiger partial charge in [-0.25, -0.2) is 0 Å². The van der Waals surface area contributed by atoms with E-state index < -0.39 is 0 Å². The molecule has 50 valence electrons. The summed E-state index contributed by atoms with van der Waals surface area (Å²) in [7, 11) is 0. The molecule has 0 aromatic carbocycles. The Morgan fingerprint density at radius 1 is 1.70 bits per heavy atom. The molecule has 0 aliphatic heterocycles. The molecule has 1 aromatic heterocycles. The third kappa shape index (κ3) is 1.60. The molecule has 1 nitrogen and oxygen atoms in total. The second-order valence-corrected chi connectivity index (χ2v) is 3.01. The number of thiophene rings is 1.